The average Bonchev–Trinajstić information content (AvgIpc) is 2.35. The lowest BCUT2D eigenvalue weighted by Crippen LogP contribution is -2.21. The van der Waals surface area contributed by atoms with Crippen LogP contribution in [0.15, 0.2) is 6.20 Å². The summed E-state index contributed by atoms with van der Waals surface area (Å²) in [7, 11) is 2.81. The van der Waals surface area contributed by atoms with E-state index in [2.05, 4.69) is 9.97 Å². The maximum Gasteiger partial charge on any atom is 0.246 e. The molecule has 1 rings (SSSR count). The van der Waals surface area contributed by atoms with Gasteiger partial charge in [-0.2, -0.15) is 4.98 Å². The van der Waals surface area contributed by atoms with Crippen molar-refractivity contribution in [2.45, 2.75) is 19.4 Å². The van der Waals surface area contributed by atoms with Crippen LogP contribution in [0.2, 0.25) is 0 Å². The fourth-order valence-electron chi connectivity index (χ4n) is 1.11. The molecule has 88 valence electrons. The lowest BCUT2D eigenvalue weighted by atomic mass is 10.1. The smallest absolute Gasteiger partial charge is 0.246 e. The fraction of sp³-hybridized carbons (Fsp3) is 0.500. The van der Waals surface area contributed by atoms with Gasteiger partial charge in [-0.25, -0.2) is 4.98 Å². The van der Waals surface area contributed by atoms with Crippen molar-refractivity contribution < 1.29 is 19.4 Å². The van der Waals surface area contributed by atoms with E-state index in [-0.39, 0.29) is 17.5 Å². The van der Waals surface area contributed by atoms with Gasteiger partial charge in [-0.15, -0.1) is 0 Å². The number of Topliss-reactive ketones (excluding diaryl/α,β-unsaturated/α-hetero) is 1. The molecule has 0 aliphatic heterocycles. The van der Waals surface area contributed by atoms with E-state index in [0.29, 0.717) is 6.42 Å². The highest BCUT2D eigenvalue weighted by molar-refractivity contribution is 5.99. The highest BCUT2D eigenvalue weighted by atomic mass is 16.5. The Hall–Kier alpha value is -1.69. The van der Waals surface area contributed by atoms with Gasteiger partial charge in [0.15, 0.2) is 5.69 Å². The Morgan fingerprint density at radius 2 is 2.19 bits per heavy atom. The number of ether oxygens (including phenoxy) is 2. The molecule has 0 fully saturated rings. The minimum Gasteiger partial charge on any atom is -0.480 e. The summed E-state index contributed by atoms with van der Waals surface area (Å²) in [5.41, 5.74) is 0.0117. The predicted molar refractivity (Wildman–Crippen MR) is 55.8 cm³/mol. The number of carbonyl (C=O) groups excluding carboxylic acids is 1. The molecule has 1 aromatic rings. The summed E-state index contributed by atoms with van der Waals surface area (Å²) in [5.74, 6) is -0.203. The monoisotopic (exact) mass is 226 g/mol. The quantitative estimate of drug-likeness (QED) is 0.734. The van der Waals surface area contributed by atoms with E-state index in [1.807, 2.05) is 0 Å². The zero-order chi connectivity index (χ0) is 12.1. The maximum absolute atomic E-state index is 11.7. The van der Waals surface area contributed by atoms with Crippen molar-refractivity contribution in [1.29, 1.82) is 0 Å². The number of aliphatic hydroxyl groups excluding tert-OH is 1. The Bertz CT molecular complexity index is 381. The summed E-state index contributed by atoms with van der Waals surface area (Å²) >= 11 is 0. The summed E-state index contributed by atoms with van der Waals surface area (Å²) in [6.07, 6.45) is 0.532. The Kier molecular flexibility index (Phi) is 4.19. The molecular formula is C10H14N2O4. The van der Waals surface area contributed by atoms with Crippen LogP contribution in [-0.2, 0) is 0 Å². The third-order valence-electron chi connectivity index (χ3n) is 2.04. The maximum atomic E-state index is 11.7. The number of hydrogen-bond donors (Lipinski definition) is 1. The number of aliphatic hydroxyl groups is 1. The lowest BCUT2D eigenvalue weighted by Gasteiger charge is -2.09. The van der Waals surface area contributed by atoms with E-state index in [1.165, 1.54) is 20.4 Å². The van der Waals surface area contributed by atoms with Crippen LogP contribution in [0.25, 0.3) is 0 Å². The lowest BCUT2D eigenvalue weighted by molar-refractivity contribution is 0.0730. The number of ketones is 1. The van der Waals surface area contributed by atoms with E-state index in [0.717, 1.165) is 0 Å². The van der Waals surface area contributed by atoms with Gasteiger partial charge in [0, 0.05) is 0 Å². The summed E-state index contributed by atoms with van der Waals surface area (Å²) in [6.45, 7) is 1.70. The first-order valence-corrected chi connectivity index (χ1v) is 4.81. The third-order valence-corrected chi connectivity index (χ3v) is 2.04. The Labute approximate surface area is 93.2 Å². The normalized spacial score (nSPS) is 12.0. The molecule has 0 saturated heterocycles. The van der Waals surface area contributed by atoms with Crippen LogP contribution in [0.1, 0.15) is 23.8 Å². The Morgan fingerprint density at radius 1 is 1.50 bits per heavy atom. The van der Waals surface area contributed by atoms with Gasteiger partial charge in [0.25, 0.3) is 0 Å². The molecule has 6 nitrogen and oxygen atoms in total. The number of aromatic nitrogens is 2. The van der Waals surface area contributed by atoms with E-state index in [1.54, 1.807) is 6.92 Å². The van der Waals surface area contributed by atoms with Crippen LogP contribution in [0.3, 0.4) is 0 Å². The van der Waals surface area contributed by atoms with Gasteiger partial charge >= 0.3 is 0 Å². The van der Waals surface area contributed by atoms with E-state index in [9.17, 15) is 9.90 Å². The molecule has 6 heteroatoms. The molecule has 16 heavy (non-hydrogen) atoms. The molecule has 0 radical (unpaired) electrons. The highest BCUT2D eigenvalue weighted by Crippen LogP contribution is 2.18. The topological polar surface area (TPSA) is 81.5 Å². The molecule has 0 amide bonds. The summed E-state index contributed by atoms with van der Waals surface area (Å²) in [4.78, 5) is 19.5. The van der Waals surface area contributed by atoms with Crippen molar-refractivity contribution in [2.75, 3.05) is 14.2 Å². The van der Waals surface area contributed by atoms with Gasteiger partial charge in [-0.05, 0) is 6.42 Å². The van der Waals surface area contributed by atoms with E-state index >= 15 is 0 Å². The van der Waals surface area contributed by atoms with Crippen LogP contribution in [-0.4, -0.2) is 41.2 Å². The molecule has 0 bridgehead atoms. The SMILES string of the molecule is CCC(O)C(=O)c1ncc(OC)nc1OC. The molecule has 0 aliphatic rings. The van der Waals surface area contributed by atoms with Gasteiger partial charge in [0.2, 0.25) is 17.5 Å². The largest absolute Gasteiger partial charge is 0.480 e. The first-order chi connectivity index (χ1) is 7.63. The van der Waals surface area contributed by atoms with Crippen LogP contribution in [0, 0.1) is 0 Å². The zero-order valence-corrected chi connectivity index (χ0v) is 9.43. The second-order valence-electron chi connectivity index (χ2n) is 3.06. The first kappa shape index (κ1) is 12.4. The molecule has 1 unspecified atom stereocenters. The van der Waals surface area contributed by atoms with Crippen molar-refractivity contribution in [1.82, 2.24) is 9.97 Å². The minimum atomic E-state index is -1.09. The van der Waals surface area contributed by atoms with E-state index in [4.69, 9.17) is 9.47 Å². The van der Waals surface area contributed by atoms with Crippen molar-refractivity contribution in [3.05, 3.63) is 11.9 Å². The van der Waals surface area contributed by atoms with Gasteiger partial charge in [-0.1, -0.05) is 6.92 Å². The highest BCUT2D eigenvalue weighted by Gasteiger charge is 2.22. The predicted octanol–water partition coefficient (Wildman–Crippen LogP) is 0.447. The number of nitrogens with zero attached hydrogens (tertiary/aromatic N) is 2. The molecular weight excluding hydrogens is 212 g/mol. The molecule has 0 aromatic carbocycles. The molecule has 1 atom stereocenters. The Morgan fingerprint density at radius 3 is 2.69 bits per heavy atom. The first-order valence-electron chi connectivity index (χ1n) is 4.81. The van der Waals surface area contributed by atoms with Crippen LogP contribution in [0.5, 0.6) is 11.8 Å². The molecule has 1 heterocycles. The standard InChI is InChI=1S/C10H14N2O4/c1-4-6(13)9(14)8-10(16-3)12-7(15-2)5-11-8/h5-6,13H,4H2,1-3H3. The molecule has 0 spiro atoms. The van der Waals surface area contributed by atoms with Crippen LogP contribution >= 0.6 is 0 Å². The molecule has 0 aliphatic carbocycles. The van der Waals surface area contributed by atoms with Gasteiger partial charge in [-0.3, -0.25) is 4.79 Å². The number of carbonyl (C=O) groups is 1. The summed E-state index contributed by atoms with van der Waals surface area (Å²) < 4.78 is 9.77. The summed E-state index contributed by atoms with van der Waals surface area (Å²) in [6, 6.07) is 0. The van der Waals surface area contributed by atoms with Gasteiger partial charge < -0.3 is 14.6 Å². The second-order valence-corrected chi connectivity index (χ2v) is 3.06. The number of rotatable bonds is 5. The number of hydrogen-bond acceptors (Lipinski definition) is 6. The summed E-state index contributed by atoms with van der Waals surface area (Å²) in [5, 5.41) is 9.42. The van der Waals surface area contributed by atoms with Crippen molar-refractivity contribution in [2.24, 2.45) is 0 Å². The van der Waals surface area contributed by atoms with Gasteiger partial charge in [0.05, 0.1) is 20.4 Å². The fourth-order valence-corrected chi connectivity index (χ4v) is 1.11. The molecule has 1 aromatic heterocycles. The van der Waals surface area contributed by atoms with Crippen molar-refractivity contribution in [3.8, 4) is 11.8 Å². The zero-order valence-electron chi connectivity index (χ0n) is 9.43. The second kappa shape index (κ2) is 5.41. The van der Waals surface area contributed by atoms with Gasteiger partial charge in [0.1, 0.15) is 6.10 Å². The average molecular weight is 226 g/mol. The molecule has 1 N–H and O–H groups in total. The van der Waals surface area contributed by atoms with Crippen LogP contribution in [0.4, 0.5) is 0 Å². The van der Waals surface area contributed by atoms with E-state index < -0.39 is 11.9 Å². The van der Waals surface area contributed by atoms with Crippen molar-refractivity contribution in [3.63, 3.8) is 0 Å². The van der Waals surface area contributed by atoms with Crippen LogP contribution < -0.4 is 9.47 Å². The third kappa shape index (κ3) is 2.46. The Balaban J connectivity index is 3.08. The number of methoxy groups -OCH3 is 2. The molecule has 0 saturated carbocycles. The minimum absolute atomic E-state index is 0.0117. The van der Waals surface area contributed by atoms with Crippen molar-refractivity contribution >= 4 is 5.78 Å².